The molecule has 0 heterocycles. The fourth-order valence-corrected chi connectivity index (χ4v) is 1.77. The number of aliphatic hydroxyl groups is 1. The number of hydrogen-bond acceptors (Lipinski definition) is 5. The van der Waals surface area contributed by atoms with Crippen molar-refractivity contribution in [2.75, 3.05) is 24.7 Å². The van der Waals surface area contributed by atoms with Crippen LogP contribution in [0.3, 0.4) is 0 Å². The van der Waals surface area contributed by atoms with Crippen LogP contribution in [0.2, 0.25) is 0 Å². The lowest BCUT2D eigenvalue weighted by Gasteiger charge is -2.20. The molecule has 0 aliphatic heterocycles. The second-order valence-corrected chi connectivity index (χ2v) is 3.92. The summed E-state index contributed by atoms with van der Waals surface area (Å²) in [7, 11) is 0. The van der Waals surface area contributed by atoms with Crippen LogP contribution in [0.5, 0.6) is 11.5 Å². The van der Waals surface area contributed by atoms with Crippen molar-refractivity contribution in [1.29, 1.82) is 0 Å². The van der Waals surface area contributed by atoms with Gasteiger partial charge in [0.15, 0.2) is 11.5 Å². The first-order valence-corrected chi connectivity index (χ1v) is 6.22. The van der Waals surface area contributed by atoms with Gasteiger partial charge in [-0.2, -0.15) is 0 Å². The lowest BCUT2D eigenvalue weighted by atomic mass is 10.0. The zero-order valence-electron chi connectivity index (χ0n) is 11.2. The predicted molar refractivity (Wildman–Crippen MR) is 72.9 cm³/mol. The Balaban J connectivity index is 3.35. The maximum absolute atomic E-state index is 9.92. The number of rotatable bonds is 6. The third-order valence-electron chi connectivity index (χ3n) is 2.66. The molecule has 1 atom stereocenters. The van der Waals surface area contributed by atoms with Crippen LogP contribution in [0.1, 0.15) is 38.9 Å². The average molecular weight is 254 g/mol. The standard InChI is InChI=1S/C13H22N2O3/c1-4-10(16)8-7-9(14)12(17-5-2)13(11(8)15)18-6-3/h7,10,16H,4-6,14-15H2,1-3H3. The maximum Gasteiger partial charge on any atom is 0.186 e. The molecule has 1 aromatic carbocycles. The van der Waals surface area contributed by atoms with Crippen LogP contribution in [0.25, 0.3) is 0 Å². The number of hydrogen-bond donors (Lipinski definition) is 3. The highest BCUT2D eigenvalue weighted by Gasteiger charge is 2.20. The van der Waals surface area contributed by atoms with Gasteiger partial charge < -0.3 is 26.0 Å². The normalized spacial score (nSPS) is 12.2. The Morgan fingerprint density at radius 1 is 1.11 bits per heavy atom. The molecule has 0 saturated carbocycles. The minimum Gasteiger partial charge on any atom is -0.488 e. The van der Waals surface area contributed by atoms with E-state index in [0.29, 0.717) is 48.1 Å². The van der Waals surface area contributed by atoms with Gasteiger partial charge in [0.25, 0.3) is 0 Å². The van der Waals surface area contributed by atoms with Crippen LogP contribution in [0.4, 0.5) is 11.4 Å². The first kappa shape index (κ1) is 14.4. The zero-order valence-corrected chi connectivity index (χ0v) is 11.2. The van der Waals surface area contributed by atoms with Crippen molar-refractivity contribution in [1.82, 2.24) is 0 Å². The van der Waals surface area contributed by atoms with Gasteiger partial charge in [-0.15, -0.1) is 0 Å². The molecular weight excluding hydrogens is 232 g/mol. The van der Waals surface area contributed by atoms with Crippen molar-refractivity contribution in [3.05, 3.63) is 11.6 Å². The van der Waals surface area contributed by atoms with Gasteiger partial charge in [0.1, 0.15) is 0 Å². The summed E-state index contributed by atoms with van der Waals surface area (Å²) < 4.78 is 11.0. The largest absolute Gasteiger partial charge is 0.488 e. The molecule has 5 N–H and O–H groups in total. The van der Waals surface area contributed by atoms with Crippen LogP contribution < -0.4 is 20.9 Å². The molecule has 0 bridgehead atoms. The molecule has 0 aliphatic rings. The Hall–Kier alpha value is -1.62. The van der Waals surface area contributed by atoms with Crippen molar-refractivity contribution in [3.8, 4) is 11.5 Å². The molecular formula is C13H22N2O3. The number of benzene rings is 1. The van der Waals surface area contributed by atoms with Crippen molar-refractivity contribution in [3.63, 3.8) is 0 Å². The van der Waals surface area contributed by atoms with E-state index in [1.165, 1.54) is 0 Å². The molecule has 0 saturated heterocycles. The highest BCUT2D eigenvalue weighted by molar-refractivity contribution is 5.75. The van der Waals surface area contributed by atoms with Crippen molar-refractivity contribution >= 4 is 11.4 Å². The van der Waals surface area contributed by atoms with E-state index in [2.05, 4.69) is 0 Å². The van der Waals surface area contributed by atoms with Crippen molar-refractivity contribution in [2.24, 2.45) is 0 Å². The third-order valence-corrected chi connectivity index (χ3v) is 2.66. The van der Waals surface area contributed by atoms with E-state index < -0.39 is 6.10 Å². The number of nitrogens with two attached hydrogens (primary N) is 2. The highest BCUT2D eigenvalue weighted by atomic mass is 16.5. The van der Waals surface area contributed by atoms with Gasteiger partial charge >= 0.3 is 0 Å². The molecule has 0 aromatic heterocycles. The van der Waals surface area contributed by atoms with Gasteiger partial charge in [0.05, 0.1) is 30.7 Å². The minimum atomic E-state index is -0.651. The number of anilines is 2. The molecule has 0 spiro atoms. The molecule has 0 amide bonds. The molecule has 0 aliphatic carbocycles. The summed E-state index contributed by atoms with van der Waals surface area (Å²) in [6.07, 6.45) is -0.0920. The van der Waals surface area contributed by atoms with Crippen LogP contribution in [0.15, 0.2) is 6.07 Å². The fraction of sp³-hybridized carbons (Fsp3) is 0.538. The molecule has 18 heavy (non-hydrogen) atoms. The second-order valence-electron chi connectivity index (χ2n) is 3.92. The molecule has 1 aromatic rings. The van der Waals surface area contributed by atoms with E-state index in [0.717, 1.165) is 0 Å². The maximum atomic E-state index is 9.92. The minimum absolute atomic E-state index is 0.392. The van der Waals surface area contributed by atoms with E-state index >= 15 is 0 Å². The molecule has 102 valence electrons. The fourth-order valence-electron chi connectivity index (χ4n) is 1.77. The van der Waals surface area contributed by atoms with Crippen LogP contribution in [-0.4, -0.2) is 18.3 Å². The summed E-state index contributed by atoms with van der Waals surface area (Å²) in [6, 6.07) is 1.65. The zero-order chi connectivity index (χ0) is 13.7. The Kier molecular flexibility index (Phi) is 5.09. The Bertz CT molecular complexity index is 408. The molecule has 5 nitrogen and oxygen atoms in total. The number of ether oxygens (including phenoxy) is 2. The van der Waals surface area contributed by atoms with Crippen LogP contribution >= 0.6 is 0 Å². The van der Waals surface area contributed by atoms with E-state index in [1.54, 1.807) is 6.07 Å². The van der Waals surface area contributed by atoms with Gasteiger partial charge in [-0.3, -0.25) is 0 Å². The topological polar surface area (TPSA) is 90.7 Å². The van der Waals surface area contributed by atoms with E-state index in [-0.39, 0.29) is 0 Å². The Morgan fingerprint density at radius 3 is 2.17 bits per heavy atom. The Morgan fingerprint density at radius 2 is 1.67 bits per heavy atom. The SMILES string of the molecule is CCOc1c(N)cc(C(O)CC)c(N)c1OCC. The van der Waals surface area contributed by atoms with E-state index in [9.17, 15) is 5.11 Å². The van der Waals surface area contributed by atoms with E-state index in [1.807, 2.05) is 20.8 Å². The lowest BCUT2D eigenvalue weighted by molar-refractivity contribution is 0.174. The molecule has 1 unspecified atom stereocenters. The van der Waals surface area contributed by atoms with Gasteiger partial charge in [-0.1, -0.05) is 6.92 Å². The first-order chi connectivity index (χ1) is 8.56. The number of nitrogen functional groups attached to an aromatic ring is 2. The van der Waals surface area contributed by atoms with Crippen molar-refractivity contribution in [2.45, 2.75) is 33.3 Å². The van der Waals surface area contributed by atoms with Crippen LogP contribution in [-0.2, 0) is 0 Å². The van der Waals surface area contributed by atoms with Crippen molar-refractivity contribution < 1.29 is 14.6 Å². The smallest absolute Gasteiger partial charge is 0.186 e. The molecule has 0 fully saturated rings. The highest BCUT2D eigenvalue weighted by Crippen LogP contribution is 2.43. The van der Waals surface area contributed by atoms with Gasteiger partial charge in [-0.05, 0) is 26.3 Å². The average Bonchev–Trinajstić information content (AvgIpc) is 2.36. The van der Waals surface area contributed by atoms with E-state index in [4.69, 9.17) is 20.9 Å². The summed E-state index contributed by atoms with van der Waals surface area (Å²) >= 11 is 0. The summed E-state index contributed by atoms with van der Waals surface area (Å²) in [5.74, 6) is 0.866. The first-order valence-electron chi connectivity index (χ1n) is 6.22. The monoisotopic (exact) mass is 254 g/mol. The second kappa shape index (κ2) is 6.35. The lowest BCUT2D eigenvalue weighted by Crippen LogP contribution is -2.09. The summed E-state index contributed by atoms with van der Waals surface area (Å²) in [4.78, 5) is 0. The summed E-state index contributed by atoms with van der Waals surface area (Å²) in [5, 5.41) is 9.92. The quantitative estimate of drug-likeness (QED) is 0.676. The number of aliphatic hydroxyl groups excluding tert-OH is 1. The Labute approximate surface area is 108 Å². The van der Waals surface area contributed by atoms with Gasteiger partial charge in [0.2, 0.25) is 0 Å². The van der Waals surface area contributed by atoms with Gasteiger partial charge in [-0.25, -0.2) is 0 Å². The molecule has 0 radical (unpaired) electrons. The summed E-state index contributed by atoms with van der Waals surface area (Å²) in [5.41, 5.74) is 13.4. The third kappa shape index (κ3) is 2.79. The summed E-state index contributed by atoms with van der Waals surface area (Å²) in [6.45, 7) is 6.51. The molecule has 5 heteroatoms. The molecule has 1 rings (SSSR count). The predicted octanol–water partition coefficient (Wildman–Crippen LogP) is 2.09. The van der Waals surface area contributed by atoms with Gasteiger partial charge in [0, 0.05) is 5.56 Å². The van der Waals surface area contributed by atoms with Crippen LogP contribution in [0, 0.1) is 0 Å².